The number of carbonyl (C=O) groups is 1. The summed E-state index contributed by atoms with van der Waals surface area (Å²) in [5.41, 5.74) is 0. The number of hydrogen-bond acceptors (Lipinski definition) is 3. The molecule has 1 atom stereocenters. The highest BCUT2D eigenvalue weighted by Gasteiger charge is 2.34. The Labute approximate surface area is 110 Å². The lowest BCUT2D eigenvalue weighted by Crippen LogP contribution is -2.42. The lowest BCUT2D eigenvalue weighted by Gasteiger charge is -2.27. The van der Waals surface area contributed by atoms with Gasteiger partial charge in [-0.3, -0.25) is 9.69 Å². The molecule has 1 N–H and O–H groups in total. The highest BCUT2D eigenvalue weighted by molar-refractivity contribution is 5.79. The molecule has 1 saturated carbocycles. The van der Waals surface area contributed by atoms with Crippen LogP contribution in [0.15, 0.2) is 0 Å². The Morgan fingerprint density at radius 2 is 2.11 bits per heavy atom. The lowest BCUT2D eigenvalue weighted by molar-refractivity contribution is -0.133. The zero-order valence-electron chi connectivity index (χ0n) is 11.6. The quantitative estimate of drug-likeness (QED) is 0.767. The van der Waals surface area contributed by atoms with Crippen molar-refractivity contribution >= 4 is 5.91 Å². The zero-order valence-corrected chi connectivity index (χ0v) is 11.6. The molecule has 0 aromatic carbocycles. The van der Waals surface area contributed by atoms with E-state index in [0.29, 0.717) is 24.4 Å². The predicted octanol–water partition coefficient (Wildman–Crippen LogP) is 0.948. The fourth-order valence-corrected chi connectivity index (χ4v) is 2.72. The van der Waals surface area contributed by atoms with Gasteiger partial charge in [0.2, 0.25) is 5.91 Å². The number of rotatable bonds is 6. The summed E-state index contributed by atoms with van der Waals surface area (Å²) in [6.45, 7) is 7.85. The smallest absolute Gasteiger partial charge is 0.237 e. The van der Waals surface area contributed by atoms with Crippen LogP contribution in [-0.2, 0) is 4.79 Å². The van der Waals surface area contributed by atoms with Crippen LogP contribution in [0, 0.1) is 11.8 Å². The van der Waals surface area contributed by atoms with E-state index in [1.54, 1.807) is 0 Å². The van der Waals surface area contributed by atoms with Gasteiger partial charge in [-0.1, -0.05) is 13.8 Å². The van der Waals surface area contributed by atoms with E-state index in [1.165, 1.54) is 12.8 Å². The molecule has 0 radical (unpaired) electrons. The van der Waals surface area contributed by atoms with Crippen molar-refractivity contribution in [3.05, 3.63) is 0 Å². The first kappa shape index (κ1) is 13.8. The van der Waals surface area contributed by atoms with Crippen LogP contribution in [0.1, 0.15) is 33.1 Å². The molecule has 1 amide bonds. The van der Waals surface area contributed by atoms with Crippen molar-refractivity contribution in [3.8, 4) is 0 Å². The van der Waals surface area contributed by atoms with Crippen LogP contribution in [-0.4, -0.2) is 59.6 Å². The van der Waals surface area contributed by atoms with E-state index in [0.717, 1.165) is 26.1 Å². The van der Waals surface area contributed by atoms with Gasteiger partial charge in [-0.25, -0.2) is 0 Å². The summed E-state index contributed by atoms with van der Waals surface area (Å²) in [6, 6.07) is 0.510. The molecule has 1 aliphatic heterocycles. The van der Waals surface area contributed by atoms with E-state index in [4.69, 9.17) is 5.11 Å². The molecule has 1 saturated heterocycles. The number of hydrogen-bond donors (Lipinski definition) is 1. The third-order valence-electron chi connectivity index (χ3n) is 3.86. The standard InChI is InChI=1S/C14H26N2O2/c1-11(2)7-16(13-3-4-13)14(18)9-15-6-5-12(8-15)10-17/h11-13,17H,3-10H2,1-2H3. The Morgan fingerprint density at radius 3 is 2.61 bits per heavy atom. The number of amides is 1. The number of aliphatic hydroxyl groups is 1. The van der Waals surface area contributed by atoms with Gasteiger partial charge in [0.05, 0.1) is 6.54 Å². The Kier molecular flexibility index (Phi) is 4.62. The molecule has 1 aliphatic carbocycles. The van der Waals surface area contributed by atoms with Crippen molar-refractivity contribution in [2.24, 2.45) is 11.8 Å². The third kappa shape index (κ3) is 3.69. The molecule has 0 aromatic rings. The second-order valence-electron chi connectivity index (χ2n) is 6.24. The molecule has 104 valence electrons. The average molecular weight is 254 g/mol. The van der Waals surface area contributed by atoms with E-state index >= 15 is 0 Å². The first-order valence-corrected chi connectivity index (χ1v) is 7.22. The van der Waals surface area contributed by atoms with Crippen molar-refractivity contribution in [2.75, 3.05) is 32.8 Å². The molecular weight excluding hydrogens is 228 g/mol. The van der Waals surface area contributed by atoms with Crippen LogP contribution in [0.5, 0.6) is 0 Å². The topological polar surface area (TPSA) is 43.8 Å². The van der Waals surface area contributed by atoms with Gasteiger partial charge in [0.15, 0.2) is 0 Å². The maximum absolute atomic E-state index is 12.3. The zero-order chi connectivity index (χ0) is 13.1. The van der Waals surface area contributed by atoms with Crippen LogP contribution >= 0.6 is 0 Å². The normalized spacial score (nSPS) is 24.8. The monoisotopic (exact) mass is 254 g/mol. The van der Waals surface area contributed by atoms with Gasteiger partial charge in [0.25, 0.3) is 0 Å². The molecule has 2 aliphatic rings. The number of aliphatic hydroxyl groups excluding tert-OH is 1. The second-order valence-corrected chi connectivity index (χ2v) is 6.24. The largest absolute Gasteiger partial charge is 0.396 e. The van der Waals surface area contributed by atoms with Crippen LogP contribution < -0.4 is 0 Å². The van der Waals surface area contributed by atoms with Crippen LogP contribution in [0.4, 0.5) is 0 Å². The van der Waals surface area contributed by atoms with Crippen molar-refractivity contribution in [3.63, 3.8) is 0 Å². The van der Waals surface area contributed by atoms with Crippen molar-refractivity contribution < 1.29 is 9.90 Å². The minimum Gasteiger partial charge on any atom is -0.396 e. The van der Waals surface area contributed by atoms with Crippen molar-refractivity contribution in [1.29, 1.82) is 0 Å². The molecule has 4 heteroatoms. The molecule has 0 aromatic heterocycles. The average Bonchev–Trinajstić information content (AvgIpc) is 3.06. The van der Waals surface area contributed by atoms with E-state index in [9.17, 15) is 4.79 Å². The second kappa shape index (κ2) is 6.02. The Morgan fingerprint density at radius 1 is 1.39 bits per heavy atom. The maximum atomic E-state index is 12.3. The molecular formula is C14H26N2O2. The minimum atomic E-state index is 0.253. The first-order valence-electron chi connectivity index (χ1n) is 7.22. The van der Waals surface area contributed by atoms with E-state index < -0.39 is 0 Å². The van der Waals surface area contributed by atoms with Gasteiger partial charge in [0.1, 0.15) is 0 Å². The molecule has 2 rings (SSSR count). The number of nitrogens with zero attached hydrogens (tertiary/aromatic N) is 2. The van der Waals surface area contributed by atoms with Gasteiger partial charge in [-0.15, -0.1) is 0 Å². The van der Waals surface area contributed by atoms with Crippen LogP contribution in [0.25, 0.3) is 0 Å². The Balaban J connectivity index is 1.82. The summed E-state index contributed by atoms with van der Waals surface area (Å²) >= 11 is 0. The molecule has 1 unspecified atom stereocenters. The molecule has 0 bridgehead atoms. The summed E-state index contributed by atoms with van der Waals surface area (Å²) in [5.74, 6) is 1.19. The number of likely N-dealkylation sites (tertiary alicyclic amines) is 1. The minimum absolute atomic E-state index is 0.253. The number of carbonyl (C=O) groups excluding carboxylic acids is 1. The van der Waals surface area contributed by atoms with Gasteiger partial charge in [0, 0.05) is 25.7 Å². The highest BCUT2D eigenvalue weighted by Crippen LogP contribution is 2.28. The van der Waals surface area contributed by atoms with Crippen LogP contribution in [0.2, 0.25) is 0 Å². The summed E-state index contributed by atoms with van der Waals surface area (Å²) in [5, 5.41) is 9.12. The summed E-state index contributed by atoms with van der Waals surface area (Å²) in [6.07, 6.45) is 3.38. The summed E-state index contributed by atoms with van der Waals surface area (Å²) in [7, 11) is 0. The van der Waals surface area contributed by atoms with Crippen LogP contribution in [0.3, 0.4) is 0 Å². The fourth-order valence-electron chi connectivity index (χ4n) is 2.72. The van der Waals surface area contributed by atoms with E-state index in [-0.39, 0.29) is 12.5 Å². The van der Waals surface area contributed by atoms with E-state index in [1.807, 2.05) is 0 Å². The Hall–Kier alpha value is -0.610. The highest BCUT2D eigenvalue weighted by atomic mass is 16.3. The third-order valence-corrected chi connectivity index (χ3v) is 3.86. The van der Waals surface area contributed by atoms with E-state index in [2.05, 4.69) is 23.6 Å². The molecule has 2 fully saturated rings. The SMILES string of the molecule is CC(C)CN(C(=O)CN1CCC(CO)C1)C1CC1. The fraction of sp³-hybridized carbons (Fsp3) is 0.929. The Bertz CT molecular complexity index is 290. The first-order chi connectivity index (χ1) is 8.60. The summed E-state index contributed by atoms with van der Waals surface area (Å²) in [4.78, 5) is 16.6. The van der Waals surface area contributed by atoms with Gasteiger partial charge < -0.3 is 10.0 Å². The van der Waals surface area contributed by atoms with Crippen molar-refractivity contribution in [2.45, 2.75) is 39.2 Å². The van der Waals surface area contributed by atoms with Gasteiger partial charge in [-0.05, 0) is 37.6 Å². The van der Waals surface area contributed by atoms with Crippen molar-refractivity contribution in [1.82, 2.24) is 9.80 Å². The summed E-state index contributed by atoms with van der Waals surface area (Å²) < 4.78 is 0. The van der Waals surface area contributed by atoms with Gasteiger partial charge >= 0.3 is 0 Å². The van der Waals surface area contributed by atoms with Gasteiger partial charge in [-0.2, -0.15) is 0 Å². The molecule has 1 heterocycles. The molecule has 0 spiro atoms. The molecule has 18 heavy (non-hydrogen) atoms. The lowest BCUT2D eigenvalue weighted by atomic mass is 10.1. The predicted molar refractivity (Wildman–Crippen MR) is 71.2 cm³/mol. The molecule has 4 nitrogen and oxygen atoms in total. The maximum Gasteiger partial charge on any atom is 0.237 e.